The number of fused-ring (bicyclic) bond motifs is 1. The number of carboxylic acid groups (broad SMARTS) is 1. The van der Waals surface area contributed by atoms with Crippen LogP contribution in [0.4, 0.5) is 0 Å². The number of benzene rings is 1. The number of rotatable bonds is 5. The summed E-state index contributed by atoms with van der Waals surface area (Å²) in [5, 5.41) is 8.75. The van der Waals surface area contributed by atoms with Crippen molar-refractivity contribution >= 4 is 33.7 Å². The van der Waals surface area contributed by atoms with E-state index in [0.717, 1.165) is 4.90 Å². The van der Waals surface area contributed by atoms with Gasteiger partial charge < -0.3 is 5.11 Å². The van der Waals surface area contributed by atoms with Crippen molar-refractivity contribution in [3.8, 4) is 0 Å². The minimum Gasteiger partial charge on any atom is -0.477 e. The van der Waals surface area contributed by atoms with E-state index in [1.54, 1.807) is 18.2 Å². The smallest absolute Gasteiger partial charge is 0.352 e. The monoisotopic (exact) mass is 366 g/mol. The zero-order valence-corrected chi connectivity index (χ0v) is 14.0. The standard InChI is InChI=1S/C15H14N2O5S2/c1-2-9-8-23-14-11(13(18)17(14)12(9)15(19)20)16-24(21,22)10-6-4-3-5-7-10/h2-7,11,14,16H,1,8H2,(H,19,20). The van der Waals surface area contributed by atoms with Gasteiger partial charge in [-0.3, -0.25) is 9.69 Å². The summed E-state index contributed by atoms with van der Waals surface area (Å²) in [5.74, 6) is -1.46. The van der Waals surface area contributed by atoms with Crippen LogP contribution in [0.1, 0.15) is 0 Å². The van der Waals surface area contributed by atoms with Crippen molar-refractivity contribution in [2.75, 3.05) is 5.75 Å². The molecular formula is C15H14N2O5S2. The van der Waals surface area contributed by atoms with E-state index in [1.165, 1.54) is 30.0 Å². The van der Waals surface area contributed by atoms with E-state index in [-0.39, 0.29) is 10.6 Å². The van der Waals surface area contributed by atoms with Gasteiger partial charge in [-0.1, -0.05) is 30.9 Å². The molecule has 0 aliphatic carbocycles. The molecule has 0 spiro atoms. The minimum atomic E-state index is -3.86. The van der Waals surface area contributed by atoms with Gasteiger partial charge in [0, 0.05) is 5.75 Å². The minimum absolute atomic E-state index is 0.0536. The van der Waals surface area contributed by atoms with Gasteiger partial charge in [0.15, 0.2) is 0 Å². The van der Waals surface area contributed by atoms with Crippen LogP contribution in [0.5, 0.6) is 0 Å². The Kier molecular flexibility index (Phi) is 4.24. The van der Waals surface area contributed by atoms with Gasteiger partial charge in [-0.05, 0) is 17.7 Å². The molecule has 0 radical (unpaired) electrons. The molecule has 0 saturated carbocycles. The molecule has 1 aromatic rings. The summed E-state index contributed by atoms with van der Waals surface area (Å²) in [6.45, 7) is 3.56. The fourth-order valence-electron chi connectivity index (χ4n) is 2.61. The zero-order chi connectivity index (χ0) is 17.5. The predicted octanol–water partition coefficient (Wildman–Crippen LogP) is 0.773. The molecule has 1 saturated heterocycles. The first-order valence-electron chi connectivity index (χ1n) is 6.98. The Morgan fingerprint density at radius 2 is 2.04 bits per heavy atom. The number of β-lactam (4-membered cyclic amide) rings is 1. The summed E-state index contributed by atoms with van der Waals surface area (Å²) in [4.78, 5) is 24.9. The van der Waals surface area contributed by atoms with Crippen LogP contribution < -0.4 is 4.72 Å². The maximum atomic E-state index is 12.4. The van der Waals surface area contributed by atoms with Gasteiger partial charge in [-0.15, -0.1) is 11.8 Å². The first-order valence-corrected chi connectivity index (χ1v) is 9.51. The van der Waals surface area contributed by atoms with Crippen LogP contribution in [-0.2, 0) is 19.6 Å². The van der Waals surface area contributed by atoms with Crippen molar-refractivity contribution in [2.24, 2.45) is 0 Å². The third-order valence-corrected chi connectivity index (χ3v) is 6.54. The Hall–Kier alpha value is -2.10. The second-order valence-electron chi connectivity index (χ2n) is 5.20. The van der Waals surface area contributed by atoms with E-state index in [2.05, 4.69) is 11.3 Å². The molecule has 0 aromatic heterocycles. The molecule has 9 heteroatoms. The molecule has 2 aliphatic heterocycles. The van der Waals surface area contributed by atoms with Crippen molar-refractivity contribution < 1.29 is 23.1 Å². The molecule has 2 atom stereocenters. The molecule has 1 aromatic carbocycles. The average Bonchev–Trinajstić information content (AvgIpc) is 2.58. The Bertz CT molecular complexity index is 848. The van der Waals surface area contributed by atoms with Crippen molar-refractivity contribution in [3.63, 3.8) is 0 Å². The van der Waals surface area contributed by atoms with Gasteiger partial charge in [0.25, 0.3) is 0 Å². The summed E-state index contributed by atoms with van der Waals surface area (Å²) < 4.78 is 27.1. The third kappa shape index (κ3) is 2.64. The Morgan fingerprint density at radius 3 is 2.62 bits per heavy atom. The second kappa shape index (κ2) is 6.08. The molecule has 126 valence electrons. The first kappa shape index (κ1) is 16.7. The van der Waals surface area contributed by atoms with E-state index in [1.807, 2.05) is 0 Å². The normalized spacial score (nSPS) is 23.5. The highest BCUT2D eigenvalue weighted by molar-refractivity contribution is 8.00. The van der Waals surface area contributed by atoms with E-state index in [0.29, 0.717) is 11.3 Å². The van der Waals surface area contributed by atoms with Gasteiger partial charge in [0.05, 0.1) is 4.90 Å². The molecule has 2 N–H and O–H groups in total. The number of hydrogen-bond acceptors (Lipinski definition) is 5. The molecule has 3 rings (SSSR count). The topological polar surface area (TPSA) is 104 Å². The molecule has 2 aliphatic rings. The summed E-state index contributed by atoms with van der Waals surface area (Å²) in [5.41, 5.74) is 0.315. The highest BCUT2D eigenvalue weighted by atomic mass is 32.2. The highest BCUT2D eigenvalue weighted by Gasteiger charge is 2.54. The summed E-state index contributed by atoms with van der Waals surface area (Å²) >= 11 is 1.30. The summed E-state index contributed by atoms with van der Waals surface area (Å²) in [6.07, 6.45) is 1.40. The van der Waals surface area contributed by atoms with Crippen molar-refractivity contribution in [3.05, 3.63) is 54.3 Å². The number of nitrogens with one attached hydrogen (secondary N) is 1. The van der Waals surface area contributed by atoms with Crippen LogP contribution in [0, 0.1) is 0 Å². The number of allylic oxidation sites excluding steroid dienone is 1. The van der Waals surface area contributed by atoms with Gasteiger partial charge in [0.1, 0.15) is 17.1 Å². The Balaban J connectivity index is 1.86. The zero-order valence-electron chi connectivity index (χ0n) is 12.4. The van der Waals surface area contributed by atoms with Gasteiger partial charge in [-0.2, -0.15) is 4.72 Å². The van der Waals surface area contributed by atoms with Crippen LogP contribution in [0.25, 0.3) is 0 Å². The first-order chi connectivity index (χ1) is 11.4. The lowest BCUT2D eigenvalue weighted by atomic mass is 10.0. The lowest BCUT2D eigenvalue weighted by molar-refractivity contribution is -0.148. The van der Waals surface area contributed by atoms with Crippen molar-refractivity contribution in [1.82, 2.24) is 9.62 Å². The van der Waals surface area contributed by atoms with Gasteiger partial charge in [-0.25, -0.2) is 13.2 Å². The molecule has 0 bridgehead atoms. The van der Waals surface area contributed by atoms with Crippen molar-refractivity contribution in [1.29, 1.82) is 0 Å². The maximum absolute atomic E-state index is 12.4. The van der Waals surface area contributed by atoms with Crippen LogP contribution in [0.3, 0.4) is 0 Å². The van der Waals surface area contributed by atoms with Gasteiger partial charge >= 0.3 is 5.97 Å². The number of nitrogens with zero attached hydrogens (tertiary/aromatic N) is 1. The third-order valence-electron chi connectivity index (χ3n) is 3.78. The summed E-state index contributed by atoms with van der Waals surface area (Å²) in [6, 6.07) is 6.72. The number of amides is 1. The number of carbonyl (C=O) groups excluding carboxylic acids is 1. The van der Waals surface area contributed by atoms with Gasteiger partial charge in [0.2, 0.25) is 15.9 Å². The Labute approximate surface area is 143 Å². The molecule has 24 heavy (non-hydrogen) atoms. The van der Waals surface area contributed by atoms with Crippen molar-refractivity contribution in [2.45, 2.75) is 16.3 Å². The number of carbonyl (C=O) groups is 2. The second-order valence-corrected chi connectivity index (χ2v) is 8.02. The number of sulfonamides is 1. The number of hydrogen-bond donors (Lipinski definition) is 2. The van der Waals surface area contributed by atoms with Crippen LogP contribution in [-0.4, -0.2) is 47.5 Å². The fraction of sp³-hybridized carbons (Fsp3) is 0.200. The van der Waals surface area contributed by atoms with Crippen LogP contribution in [0.15, 0.2) is 59.2 Å². The lowest BCUT2D eigenvalue weighted by Crippen LogP contribution is -2.70. The quantitative estimate of drug-likeness (QED) is 0.746. The molecule has 2 unspecified atom stereocenters. The Morgan fingerprint density at radius 1 is 1.38 bits per heavy atom. The number of carboxylic acids is 1. The molecular weight excluding hydrogens is 352 g/mol. The molecule has 1 fully saturated rings. The maximum Gasteiger partial charge on any atom is 0.352 e. The average molecular weight is 366 g/mol. The largest absolute Gasteiger partial charge is 0.477 e. The van der Waals surface area contributed by atoms with Crippen LogP contribution >= 0.6 is 11.8 Å². The van der Waals surface area contributed by atoms with E-state index in [9.17, 15) is 23.1 Å². The summed E-state index contributed by atoms with van der Waals surface area (Å²) in [7, 11) is -3.86. The molecule has 2 heterocycles. The number of aliphatic carboxylic acids is 1. The molecule has 7 nitrogen and oxygen atoms in total. The van der Waals surface area contributed by atoms with E-state index < -0.39 is 33.3 Å². The van der Waals surface area contributed by atoms with Crippen LogP contribution in [0.2, 0.25) is 0 Å². The number of thioether (sulfide) groups is 1. The lowest BCUT2D eigenvalue weighted by Gasteiger charge is -2.49. The molecule has 1 amide bonds. The highest BCUT2D eigenvalue weighted by Crippen LogP contribution is 2.40. The van der Waals surface area contributed by atoms with E-state index >= 15 is 0 Å². The SMILES string of the molecule is C=CC1=C(C(=O)O)N2C(=O)C(NS(=O)(=O)c3ccccc3)C2SC1. The predicted molar refractivity (Wildman–Crippen MR) is 88.5 cm³/mol. The fourth-order valence-corrected chi connectivity index (χ4v) is 5.25. The van der Waals surface area contributed by atoms with E-state index in [4.69, 9.17) is 0 Å².